The van der Waals surface area contributed by atoms with Gasteiger partial charge in [0.2, 0.25) is 0 Å². The second-order valence-electron chi connectivity index (χ2n) is 3.78. The third-order valence-corrected chi connectivity index (χ3v) is 2.52. The molecule has 0 atom stereocenters. The van der Waals surface area contributed by atoms with Gasteiger partial charge in [-0.3, -0.25) is 15.1 Å². The molecule has 0 heterocycles. The molecule has 96 valence electrons. The minimum Gasteiger partial charge on any atom is -0.490 e. The highest BCUT2D eigenvalue weighted by Gasteiger charge is 2.14. The summed E-state index contributed by atoms with van der Waals surface area (Å²) in [6.07, 6.45) is 1.59. The van der Waals surface area contributed by atoms with Crippen molar-refractivity contribution in [1.82, 2.24) is 0 Å². The van der Waals surface area contributed by atoms with Gasteiger partial charge in [-0.2, -0.15) is 0 Å². The van der Waals surface area contributed by atoms with E-state index in [9.17, 15) is 10.1 Å². The first-order valence-electron chi connectivity index (χ1n) is 5.62. The predicted octanol–water partition coefficient (Wildman–Crippen LogP) is 3.35. The topological polar surface area (TPSA) is 64.7 Å². The fourth-order valence-corrected chi connectivity index (χ4v) is 1.59. The summed E-state index contributed by atoms with van der Waals surface area (Å²) in [6, 6.07) is 14.1. The Balaban J connectivity index is 2.29. The van der Waals surface area contributed by atoms with Gasteiger partial charge in [-0.05, 0) is 29.8 Å². The zero-order valence-corrected chi connectivity index (χ0v) is 10.3. The number of hydrogen-bond acceptors (Lipinski definition) is 4. The molecule has 0 amide bonds. The summed E-state index contributed by atoms with van der Waals surface area (Å²) in [7, 11) is 1.40. The zero-order valence-electron chi connectivity index (χ0n) is 10.3. The van der Waals surface area contributed by atoms with Gasteiger partial charge in [-0.25, -0.2) is 0 Å². The van der Waals surface area contributed by atoms with Crippen LogP contribution in [0.1, 0.15) is 5.56 Å². The predicted molar refractivity (Wildman–Crippen MR) is 73.3 cm³/mol. The molecule has 0 aromatic heterocycles. The van der Waals surface area contributed by atoms with E-state index < -0.39 is 4.92 Å². The van der Waals surface area contributed by atoms with Gasteiger partial charge in [0.15, 0.2) is 5.75 Å². The summed E-state index contributed by atoms with van der Waals surface area (Å²) in [6.45, 7) is 0. The third kappa shape index (κ3) is 3.16. The lowest BCUT2D eigenvalue weighted by Gasteiger charge is -2.01. The lowest BCUT2D eigenvalue weighted by molar-refractivity contribution is -0.385. The van der Waals surface area contributed by atoms with Crippen LogP contribution in [0, 0.1) is 10.1 Å². The van der Waals surface area contributed by atoms with Gasteiger partial charge in [0, 0.05) is 12.3 Å². The number of nitro groups is 1. The highest BCUT2D eigenvalue weighted by molar-refractivity contribution is 5.83. The van der Waals surface area contributed by atoms with Crippen LogP contribution in [0.3, 0.4) is 0 Å². The fraction of sp³-hybridized carbons (Fsp3) is 0.0714. The van der Waals surface area contributed by atoms with Gasteiger partial charge in [-0.1, -0.05) is 18.2 Å². The van der Waals surface area contributed by atoms with Crippen LogP contribution < -0.4 is 4.74 Å². The lowest BCUT2D eigenvalue weighted by atomic mass is 10.2. The van der Waals surface area contributed by atoms with Crippen molar-refractivity contribution in [3.05, 3.63) is 64.2 Å². The van der Waals surface area contributed by atoms with Gasteiger partial charge >= 0.3 is 5.69 Å². The Hall–Kier alpha value is -2.69. The minimum absolute atomic E-state index is 0.0699. The van der Waals surface area contributed by atoms with Gasteiger partial charge in [-0.15, -0.1) is 0 Å². The number of rotatable bonds is 4. The van der Waals surface area contributed by atoms with Crippen LogP contribution in [0.2, 0.25) is 0 Å². The van der Waals surface area contributed by atoms with Crippen molar-refractivity contribution in [2.45, 2.75) is 0 Å². The lowest BCUT2D eigenvalue weighted by Crippen LogP contribution is -1.95. The maximum Gasteiger partial charge on any atom is 0.311 e. The van der Waals surface area contributed by atoms with Crippen LogP contribution in [0.4, 0.5) is 11.4 Å². The van der Waals surface area contributed by atoms with Crippen LogP contribution in [-0.4, -0.2) is 18.2 Å². The van der Waals surface area contributed by atoms with Crippen molar-refractivity contribution in [1.29, 1.82) is 0 Å². The van der Waals surface area contributed by atoms with Gasteiger partial charge < -0.3 is 4.74 Å². The minimum atomic E-state index is -0.474. The zero-order chi connectivity index (χ0) is 13.7. The molecule has 0 fully saturated rings. The molecule has 0 aliphatic heterocycles. The molecule has 2 aromatic rings. The van der Waals surface area contributed by atoms with Crippen LogP contribution >= 0.6 is 0 Å². The number of para-hydroxylation sites is 1. The maximum atomic E-state index is 10.9. The second kappa shape index (κ2) is 5.77. The monoisotopic (exact) mass is 256 g/mol. The summed E-state index contributed by atoms with van der Waals surface area (Å²) in [5, 5.41) is 10.9. The highest BCUT2D eigenvalue weighted by Crippen LogP contribution is 2.27. The molecule has 19 heavy (non-hydrogen) atoms. The first-order valence-corrected chi connectivity index (χ1v) is 5.62. The molecular formula is C14H12N2O3. The average molecular weight is 256 g/mol. The first kappa shape index (κ1) is 12.8. The Labute approximate surface area is 110 Å². The Morgan fingerprint density at radius 3 is 2.58 bits per heavy atom. The molecule has 0 unspecified atom stereocenters. The van der Waals surface area contributed by atoms with Gasteiger partial charge in [0.25, 0.3) is 0 Å². The van der Waals surface area contributed by atoms with Crippen LogP contribution in [0.5, 0.6) is 5.75 Å². The van der Waals surface area contributed by atoms with E-state index in [-0.39, 0.29) is 11.4 Å². The molecule has 2 aromatic carbocycles. The SMILES string of the molecule is COc1ccc(C=Nc2ccccc2)cc1[N+](=O)[O-]. The summed E-state index contributed by atoms with van der Waals surface area (Å²) in [5.41, 5.74) is 1.37. The third-order valence-electron chi connectivity index (χ3n) is 2.52. The first-order chi connectivity index (χ1) is 9.20. The molecule has 0 N–H and O–H groups in total. The molecule has 5 heteroatoms. The molecular weight excluding hydrogens is 244 g/mol. The van der Waals surface area contributed by atoms with E-state index in [4.69, 9.17) is 4.74 Å². The fourth-order valence-electron chi connectivity index (χ4n) is 1.59. The number of nitrogens with zero attached hydrogens (tertiary/aromatic N) is 2. The number of ether oxygens (including phenoxy) is 1. The molecule has 0 saturated carbocycles. The Kier molecular flexibility index (Phi) is 3.87. The number of benzene rings is 2. The summed E-state index contributed by atoms with van der Waals surface area (Å²) < 4.78 is 4.94. The van der Waals surface area contributed by atoms with E-state index >= 15 is 0 Å². The quantitative estimate of drug-likeness (QED) is 0.478. The Morgan fingerprint density at radius 2 is 1.95 bits per heavy atom. The summed E-state index contributed by atoms with van der Waals surface area (Å²) in [5.74, 6) is 0.238. The molecule has 0 saturated heterocycles. The van der Waals surface area contributed by atoms with Crippen molar-refractivity contribution in [2.24, 2.45) is 4.99 Å². The molecule has 0 aliphatic rings. The summed E-state index contributed by atoms with van der Waals surface area (Å²) >= 11 is 0. The van der Waals surface area contributed by atoms with Crippen LogP contribution in [0.25, 0.3) is 0 Å². The molecule has 2 rings (SSSR count). The Bertz CT molecular complexity index is 609. The molecule has 0 radical (unpaired) electrons. The second-order valence-corrected chi connectivity index (χ2v) is 3.78. The van der Waals surface area contributed by atoms with Crippen molar-refractivity contribution in [3.63, 3.8) is 0 Å². The van der Waals surface area contributed by atoms with Crippen LogP contribution in [0.15, 0.2) is 53.5 Å². The summed E-state index contributed by atoms with van der Waals surface area (Å²) in [4.78, 5) is 14.7. The van der Waals surface area contributed by atoms with E-state index in [0.717, 1.165) is 5.69 Å². The average Bonchev–Trinajstić information content (AvgIpc) is 2.46. The van der Waals surface area contributed by atoms with Crippen molar-refractivity contribution < 1.29 is 9.66 Å². The smallest absolute Gasteiger partial charge is 0.311 e. The maximum absolute atomic E-state index is 10.9. The number of nitro benzene ring substituents is 1. The molecule has 0 bridgehead atoms. The van der Waals surface area contributed by atoms with E-state index in [1.165, 1.54) is 13.2 Å². The highest BCUT2D eigenvalue weighted by atomic mass is 16.6. The van der Waals surface area contributed by atoms with Gasteiger partial charge in [0.05, 0.1) is 17.7 Å². The van der Waals surface area contributed by atoms with E-state index in [2.05, 4.69) is 4.99 Å². The van der Waals surface area contributed by atoms with Crippen molar-refractivity contribution >= 4 is 17.6 Å². The normalized spacial score (nSPS) is 10.6. The van der Waals surface area contributed by atoms with Crippen molar-refractivity contribution in [3.8, 4) is 5.75 Å². The largest absolute Gasteiger partial charge is 0.490 e. The van der Waals surface area contributed by atoms with E-state index in [1.807, 2.05) is 30.3 Å². The number of aliphatic imine (C=N–C) groups is 1. The van der Waals surface area contributed by atoms with E-state index in [0.29, 0.717) is 5.56 Å². The van der Waals surface area contributed by atoms with Crippen LogP contribution in [-0.2, 0) is 0 Å². The number of methoxy groups -OCH3 is 1. The molecule has 5 nitrogen and oxygen atoms in total. The standard InChI is InChI=1S/C14H12N2O3/c1-19-14-8-7-11(9-13(14)16(17)18)10-15-12-5-3-2-4-6-12/h2-10H,1H3. The van der Waals surface area contributed by atoms with Crippen molar-refractivity contribution in [2.75, 3.05) is 7.11 Å². The molecule has 0 aliphatic carbocycles. The number of hydrogen-bond donors (Lipinski definition) is 0. The van der Waals surface area contributed by atoms with Gasteiger partial charge in [0.1, 0.15) is 0 Å². The van der Waals surface area contributed by atoms with E-state index in [1.54, 1.807) is 18.3 Å². The Morgan fingerprint density at radius 1 is 1.21 bits per heavy atom. The molecule has 0 spiro atoms.